The summed E-state index contributed by atoms with van der Waals surface area (Å²) in [6.07, 6.45) is 0. The SMILES string of the molecule is COc1cccc(OC)c1C(=O)NC(=S)Nc1ccc(-c2nc3cc(C)cc(C)c3o2)cc1. The molecule has 168 valence electrons. The van der Waals surface area contributed by atoms with Crippen molar-refractivity contribution in [3.05, 3.63) is 71.3 Å². The first-order chi connectivity index (χ1) is 15.9. The highest BCUT2D eigenvalue weighted by Crippen LogP contribution is 2.29. The average Bonchev–Trinajstić information content (AvgIpc) is 3.23. The number of aryl methyl sites for hydroxylation is 2. The molecule has 7 nitrogen and oxygen atoms in total. The van der Waals surface area contributed by atoms with Crippen molar-refractivity contribution in [2.24, 2.45) is 0 Å². The van der Waals surface area contributed by atoms with Crippen molar-refractivity contribution in [3.8, 4) is 23.0 Å². The molecule has 0 radical (unpaired) electrons. The zero-order valence-electron chi connectivity index (χ0n) is 18.7. The smallest absolute Gasteiger partial charge is 0.264 e. The first-order valence-electron chi connectivity index (χ1n) is 10.2. The second-order valence-electron chi connectivity index (χ2n) is 7.47. The third-order valence-corrected chi connectivity index (χ3v) is 5.30. The monoisotopic (exact) mass is 461 g/mol. The van der Waals surface area contributed by atoms with Crippen LogP contribution in [0.2, 0.25) is 0 Å². The summed E-state index contributed by atoms with van der Waals surface area (Å²) >= 11 is 5.31. The number of anilines is 1. The second-order valence-corrected chi connectivity index (χ2v) is 7.88. The Morgan fingerprint density at radius 1 is 1.00 bits per heavy atom. The molecule has 4 rings (SSSR count). The first kappa shape index (κ1) is 22.3. The molecule has 8 heteroatoms. The molecular formula is C25H23N3O4S. The van der Waals surface area contributed by atoms with Crippen molar-refractivity contribution in [1.29, 1.82) is 0 Å². The number of carbonyl (C=O) groups is 1. The lowest BCUT2D eigenvalue weighted by Gasteiger charge is -2.14. The van der Waals surface area contributed by atoms with Crippen LogP contribution in [0.5, 0.6) is 11.5 Å². The van der Waals surface area contributed by atoms with Gasteiger partial charge in [-0.2, -0.15) is 0 Å². The van der Waals surface area contributed by atoms with Gasteiger partial charge >= 0.3 is 0 Å². The van der Waals surface area contributed by atoms with Crippen molar-refractivity contribution in [2.75, 3.05) is 19.5 Å². The van der Waals surface area contributed by atoms with Gasteiger partial charge in [0.25, 0.3) is 5.91 Å². The van der Waals surface area contributed by atoms with Crippen LogP contribution in [0.3, 0.4) is 0 Å². The lowest BCUT2D eigenvalue weighted by molar-refractivity contribution is 0.0971. The fraction of sp³-hybridized carbons (Fsp3) is 0.160. The minimum absolute atomic E-state index is 0.147. The fourth-order valence-corrected chi connectivity index (χ4v) is 3.81. The third-order valence-electron chi connectivity index (χ3n) is 5.09. The Kier molecular flexibility index (Phi) is 6.28. The third kappa shape index (κ3) is 4.65. The maximum atomic E-state index is 12.8. The Labute approximate surface area is 196 Å². The van der Waals surface area contributed by atoms with Crippen LogP contribution >= 0.6 is 12.2 Å². The van der Waals surface area contributed by atoms with Crippen LogP contribution in [0.25, 0.3) is 22.6 Å². The summed E-state index contributed by atoms with van der Waals surface area (Å²) in [6, 6.07) is 16.6. The van der Waals surface area contributed by atoms with Gasteiger partial charge in [0.05, 0.1) is 14.2 Å². The largest absolute Gasteiger partial charge is 0.496 e. The molecule has 0 aliphatic carbocycles. The summed E-state index contributed by atoms with van der Waals surface area (Å²) < 4.78 is 16.5. The molecule has 0 bridgehead atoms. The van der Waals surface area contributed by atoms with Crippen LogP contribution in [0.1, 0.15) is 21.5 Å². The highest BCUT2D eigenvalue weighted by molar-refractivity contribution is 7.80. The molecule has 0 fully saturated rings. The first-order valence-corrected chi connectivity index (χ1v) is 10.6. The Bertz CT molecular complexity index is 1320. The predicted octanol–water partition coefficient (Wildman–Crippen LogP) is 5.26. The molecule has 0 saturated carbocycles. The number of carbonyl (C=O) groups excluding carboxylic acids is 1. The number of nitrogens with zero attached hydrogens (tertiary/aromatic N) is 1. The van der Waals surface area contributed by atoms with Crippen LogP contribution in [-0.2, 0) is 0 Å². The second kappa shape index (κ2) is 9.30. The molecule has 4 aromatic rings. The molecule has 1 amide bonds. The van der Waals surface area contributed by atoms with E-state index in [4.69, 9.17) is 26.1 Å². The van der Waals surface area contributed by atoms with Gasteiger partial charge in [0, 0.05) is 11.3 Å². The van der Waals surface area contributed by atoms with Gasteiger partial charge in [-0.15, -0.1) is 0 Å². The molecule has 0 saturated heterocycles. The van der Waals surface area contributed by atoms with Crippen LogP contribution in [0.15, 0.2) is 59.0 Å². The van der Waals surface area contributed by atoms with Gasteiger partial charge in [-0.25, -0.2) is 4.98 Å². The van der Waals surface area contributed by atoms with Gasteiger partial charge in [0.2, 0.25) is 5.89 Å². The summed E-state index contributed by atoms with van der Waals surface area (Å²) in [6.45, 7) is 4.04. The molecule has 1 heterocycles. The van der Waals surface area contributed by atoms with Gasteiger partial charge in [-0.3, -0.25) is 10.1 Å². The maximum absolute atomic E-state index is 12.8. The Morgan fingerprint density at radius 3 is 2.30 bits per heavy atom. The fourth-order valence-electron chi connectivity index (χ4n) is 3.60. The number of aromatic nitrogens is 1. The van der Waals surface area contributed by atoms with Gasteiger partial charge in [0.1, 0.15) is 22.6 Å². The molecule has 33 heavy (non-hydrogen) atoms. The van der Waals surface area contributed by atoms with Crippen LogP contribution < -0.4 is 20.1 Å². The van der Waals surface area contributed by atoms with Crippen molar-refractivity contribution >= 4 is 40.0 Å². The molecule has 0 aliphatic rings. The molecule has 0 aliphatic heterocycles. The number of benzene rings is 3. The Morgan fingerprint density at radius 2 is 1.67 bits per heavy atom. The standard InChI is InChI=1S/C25H23N3O4S/c1-14-12-15(2)22-18(13-14)27-24(32-22)16-8-10-17(11-9-16)26-25(33)28-23(29)21-19(30-3)6-5-7-20(21)31-4/h5-13H,1-4H3,(H2,26,28,29,33). The van der Waals surface area contributed by atoms with Gasteiger partial charge in [-0.1, -0.05) is 12.1 Å². The number of amides is 1. The number of thiocarbonyl (C=S) groups is 1. The summed E-state index contributed by atoms with van der Waals surface area (Å²) in [5.41, 5.74) is 5.62. The molecular weight excluding hydrogens is 438 g/mol. The van der Waals surface area contributed by atoms with E-state index in [-0.39, 0.29) is 10.7 Å². The maximum Gasteiger partial charge on any atom is 0.264 e. The summed E-state index contributed by atoms with van der Waals surface area (Å²) in [4.78, 5) is 17.4. The summed E-state index contributed by atoms with van der Waals surface area (Å²) in [5, 5.41) is 5.81. The number of fused-ring (bicyclic) bond motifs is 1. The molecule has 3 aromatic carbocycles. The lowest BCUT2D eigenvalue weighted by Crippen LogP contribution is -2.34. The van der Waals surface area contributed by atoms with Crippen LogP contribution in [-0.4, -0.2) is 30.2 Å². The molecule has 0 unspecified atom stereocenters. The minimum Gasteiger partial charge on any atom is -0.496 e. The van der Waals surface area contributed by atoms with E-state index >= 15 is 0 Å². The molecule has 1 aromatic heterocycles. The number of ether oxygens (including phenoxy) is 2. The van der Waals surface area contributed by atoms with Crippen molar-refractivity contribution in [3.63, 3.8) is 0 Å². The summed E-state index contributed by atoms with van der Waals surface area (Å²) in [7, 11) is 2.98. The van der Waals surface area contributed by atoms with Crippen LogP contribution in [0, 0.1) is 13.8 Å². The van der Waals surface area contributed by atoms with Gasteiger partial charge in [-0.05, 0) is 79.7 Å². The number of methoxy groups -OCH3 is 2. The zero-order valence-corrected chi connectivity index (χ0v) is 19.5. The molecule has 0 spiro atoms. The van der Waals surface area contributed by atoms with E-state index in [1.165, 1.54) is 14.2 Å². The van der Waals surface area contributed by atoms with Crippen molar-refractivity contribution < 1.29 is 18.7 Å². The van der Waals surface area contributed by atoms with E-state index in [0.717, 1.165) is 27.8 Å². The van der Waals surface area contributed by atoms with Crippen molar-refractivity contribution in [2.45, 2.75) is 13.8 Å². The topological polar surface area (TPSA) is 85.6 Å². The summed E-state index contributed by atoms with van der Waals surface area (Å²) in [5.74, 6) is 0.894. The number of hydrogen-bond acceptors (Lipinski definition) is 6. The normalized spacial score (nSPS) is 10.7. The highest BCUT2D eigenvalue weighted by atomic mass is 32.1. The predicted molar refractivity (Wildman–Crippen MR) is 132 cm³/mol. The van der Waals surface area contributed by atoms with E-state index < -0.39 is 5.91 Å². The van der Waals surface area contributed by atoms with Crippen LogP contribution in [0.4, 0.5) is 5.69 Å². The Balaban J connectivity index is 1.47. The van der Waals surface area contributed by atoms with E-state index in [2.05, 4.69) is 21.7 Å². The minimum atomic E-state index is -0.435. The van der Waals surface area contributed by atoms with E-state index in [1.54, 1.807) is 18.2 Å². The van der Waals surface area contributed by atoms with E-state index in [1.807, 2.05) is 44.2 Å². The molecule has 2 N–H and O–H groups in total. The zero-order chi connectivity index (χ0) is 23.5. The Hall–Kier alpha value is -3.91. The average molecular weight is 462 g/mol. The van der Waals surface area contributed by atoms with E-state index in [9.17, 15) is 4.79 Å². The number of oxazole rings is 1. The number of rotatable bonds is 5. The number of hydrogen-bond donors (Lipinski definition) is 2. The lowest BCUT2D eigenvalue weighted by atomic mass is 10.1. The quantitative estimate of drug-likeness (QED) is 0.392. The molecule has 0 atom stereocenters. The van der Waals surface area contributed by atoms with E-state index in [0.29, 0.717) is 23.1 Å². The van der Waals surface area contributed by atoms with Gasteiger partial charge in [0.15, 0.2) is 10.7 Å². The number of nitrogens with one attached hydrogen (secondary N) is 2. The van der Waals surface area contributed by atoms with Gasteiger partial charge < -0.3 is 19.2 Å². The van der Waals surface area contributed by atoms with Crippen molar-refractivity contribution in [1.82, 2.24) is 10.3 Å². The highest BCUT2D eigenvalue weighted by Gasteiger charge is 2.19.